The minimum Gasteiger partial charge on any atom is -0.348 e. The average molecular weight is 430 g/mol. The molecular weight excluding hydrogens is 414 g/mol. The predicted molar refractivity (Wildman–Crippen MR) is 100 cm³/mol. The SMILES string of the molecule is O=C(N[C@H]1CCN2C(=O)c3cc(Br)ccc3NC(=O)[C@@H]2C1)c1cnccn1. The summed E-state index contributed by atoms with van der Waals surface area (Å²) >= 11 is 3.36. The van der Waals surface area contributed by atoms with E-state index in [2.05, 4.69) is 36.5 Å². The van der Waals surface area contributed by atoms with Crippen LogP contribution >= 0.6 is 15.9 Å². The predicted octanol–water partition coefficient (Wildman–Crippen LogP) is 1.59. The van der Waals surface area contributed by atoms with Crippen molar-refractivity contribution in [2.24, 2.45) is 0 Å². The van der Waals surface area contributed by atoms with E-state index in [-0.39, 0.29) is 29.5 Å². The first-order chi connectivity index (χ1) is 13.0. The van der Waals surface area contributed by atoms with Gasteiger partial charge < -0.3 is 15.5 Å². The molecule has 3 heterocycles. The van der Waals surface area contributed by atoms with Crippen molar-refractivity contribution in [2.45, 2.75) is 24.9 Å². The van der Waals surface area contributed by atoms with Gasteiger partial charge in [-0.05, 0) is 31.0 Å². The van der Waals surface area contributed by atoms with E-state index in [1.807, 2.05) is 0 Å². The molecule has 2 aliphatic rings. The van der Waals surface area contributed by atoms with E-state index in [1.54, 1.807) is 23.1 Å². The molecule has 2 N–H and O–H groups in total. The van der Waals surface area contributed by atoms with Gasteiger partial charge in [0.05, 0.1) is 17.4 Å². The van der Waals surface area contributed by atoms with Crippen LogP contribution in [0, 0.1) is 0 Å². The number of amides is 3. The van der Waals surface area contributed by atoms with Crippen molar-refractivity contribution in [2.75, 3.05) is 11.9 Å². The summed E-state index contributed by atoms with van der Waals surface area (Å²) in [5, 5.41) is 5.71. The van der Waals surface area contributed by atoms with Crippen molar-refractivity contribution in [1.29, 1.82) is 0 Å². The Morgan fingerprint density at radius 1 is 1.30 bits per heavy atom. The Kier molecular flexibility index (Phi) is 4.61. The van der Waals surface area contributed by atoms with Crippen LogP contribution in [0.15, 0.2) is 41.3 Å². The third kappa shape index (κ3) is 3.42. The standard InChI is InChI=1S/C18H16BrN5O3/c19-10-1-2-13-12(7-10)18(27)24-6-3-11(8-15(24)17(26)23-13)22-16(25)14-9-20-4-5-21-14/h1-2,4-5,7,9,11,15H,3,6,8H2,(H,22,25)(H,23,26)/t11-,15-/m0/s1. The molecule has 8 nitrogen and oxygen atoms in total. The highest BCUT2D eigenvalue weighted by atomic mass is 79.9. The highest BCUT2D eigenvalue weighted by Crippen LogP contribution is 2.30. The molecule has 138 valence electrons. The van der Waals surface area contributed by atoms with Crippen LogP contribution in [-0.2, 0) is 4.79 Å². The summed E-state index contributed by atoms with van der Waals surface area (Å²) in [7, 11) is 0. The topological polar surface area (TPSA) is 104 Å². The van der Waals surface area contributed by atoms with Crippen LogP contribution < -0.4 is 10.6 Å². The van der Waals surface area contributed by atoms with Gasteiger partial charge in [0.25, 0.3) is 11.8 Å². The van der Waals surface area contributed by atoms with Gasteiger partial charge in [0.1, 0.15) is 11.7 Å². The van der Waals surface area contributed by atoms with Crippen molar-refractivity contribution in [3.63, 3.8) is 0 Å². The van der Waals surface area contributed by atoms with Crippen LogP contribution in [0.25, 0.3) is 0 Å². The molecule has 0 spiro atoms. The number of nitrogens with one attached hydrogen (secondary N) is 2. The first kappa shape index (κ1) is 17.6. The maximum Gasteiger partial charge on any atom is 0.271 e. The summed E-state index contributed by atoms with van der Waals surface area (Å²) in [5.41, 5.74) is 1.18. The number of aromatic nitrogens is 2. The van der Waals surface area contributed by atoms with Gasteiger partial charge >= 0.3 is 0 Å². The van der Waals surface area contributed by atoms with Crippen LogP contribution in [0.1, 0.15) is 33.7 Å². The minimum absolute atomic E-state index is 0.187. The lowest BCUT2D eigenvalue weighted by Gasteiger charge is -2.37. The van der Waals surface area contributed by atoms with E-state index >= 15 is 0 Å². The molecule has 1 saturated heterocycles. The van der Waals surface area contributed by atoms with Gasteiger partial charge in [0.15, 0.2) is 0 Å². The van der Waals surface area contributed by atoms with Gasteiger partial charge in [-0.3, -0.25) is 19.4 Å². The van der Waals surface area contributed by atoms with E-state index in [9.17, 15) is 14.4 Å². The summed E-state index contributed by atoms with van der Waals surface area (Å²) in [6.45, 7) is 0.383. The maximum absolute atomic E-state index is 12.9. The van der Waals surface area contributed by atoms with Gasteiger partial charge in [-0.2, -0.15) is 0 Å². The zero-order valence-corrected chi connectivity index (χ0v) is 15.8. The second-order valence-electron chi connectivity index (χ2n) is 6.48. The number of benzene rings is 1. The second kappa shape index (κ2) is 7.07. The number of rotatable bonds is 2. The average Bonchev–Trinajstić information content (AvgIpc) is 2.78. The lowest BCUT2D eigenvalue weighted by molar-refractivity contribution is -0.121. The monoisotopic (exact) mass is 429 g/mol. The van der Waals surface area contributed by atoms with Crippen LogP contribution in [0.3, 0.4) is 0 Å². The van der Waals surface area contributed by atoms with Crippen molar-refractivity contribution in [3.8, 4) is 0 Å². The normalized spacial score (nSPS) is 21.6. The molecule has 2 aromatic rings. The molecule has 3 amide bonds. The second-order valence-corrected chi connectivity index (χ2v) is 7.39. The van der Waals surface area contributed by atoms with Crippen LogP contribution in [0.2, 0.25) is 0 Å². The number of anilines is 1. The molecule has 2 aliphatic heterocycles. The third-order valence-electron chi connectivity index (χ3n) is 4.77. The van der Waals surface area contributed by atoms with Crippen molar-refractivity contribution < 1.29 is 14.4 Å². The number of carbonyl (C=O) groups is 3. The smallest absolute Gasteiger partial charge is 0.271 e. The van der Waals surface area contributed by atoms with Gasteiger partial charge in [0, 0.05) is 29.5 Å². The first-order valence-electron chi connectivity index (χ1n) is 8.51. The molecule has 1 fully saturated rings. The Morgan fingerprint density at radius 2 is 2.15 bits per heavy atom. The van der Waals surface area contributed by atoms with Crippen LogP contribution in [0.4, 0.5) is 5.69 Å². The number of carbonyl (C=O) groups excluding carboxylic acids is 3. The molecule has 0 saturated carbocycles. The Bertz CT molecular complexity index is 920. The zero-order chi connectivity index (χ0) is 19.0. The lowest BCUT2D eigenvalue weighted by atomic mass is 9.96. The molecule has 2 atom stereocenters. The van der Waals surface area contributed by atoms with E-state index in [4.69, 9.17) is 0 Å². The van der Waals surface area contributed by atoms with E-state index in [1.165, 1.54) is 18.6 Å². The molecule has 0 unspecified atom stereocenters. The molecule has 1 aromatic heterocycles. The van der Waals surface area contributed by atoms with Crippen molar-refractivity contribution in [3.05, 3.63) is 52.5 Å². The minimum atomic E-state index is -0.635. The Morgan fingerprint density at radius 3 is 2.93 bits per heavy atom. The number of halogens is 1. The van der Waals surface area contributed by atoms with Crippen LogP contribution in [-0.4, -0.2) is 51.2 Å². The first-order valence-corrected chi connectivity index (χ1v) is 9.30. The Hall–Kier alpha value is -2.81. The Labute approximate surface area is 163 Å². The fourth-order valence-electron chi connectivity index (χ4n) is 3.44. The summed E-state index contributed by atoms with van der Waals surface area (Å²) in [4.78, 5) is 47.4. The molecule has 1 aromatic carbocycles. The van der Waals surface area contributed by atoms with Gasteiger partial charge in [0.2, 0.25) is 5.91 Å². The number of hydrogen-bond acceptors (Lipinski definition) is 5. The van der Waals surface area contributed by atoms with E-state index < -0.39 is 6.04 Å². The van der Waals surface area contributed by atoms with E-state index in [0.717, 1.165) is 4.47 Å². The van der Waals surface area contributed by atoms with Crippen molar-refractivity contribution in [1.82, 2.24) is 20.2 Å². The lowest BCUT2D eigenvalue weighted by Crippen LogP contribution is -2.55. The third-order valence-corrected chi connectivity index (χ3v) is 5.26. The fourth-order valence-corrected chi connectivity index (χ4v) is 3.80. The fraction of sp³-hybridized carbons (Fsp3) is 0.278. The van der Waals surface area contributed by atoms with E-state index in [0.29, 0.717) is 30.6 Å². The van der Waals surface area contributed by atoms with Crippen molar-refractivity contribution >= 4 is 39.3 Å². The van der Waals surface area contributed by atoms with Crippen LogP contribution in [0.5, 0.6) is 0 Å². The highest BCUT2D eigenvalue weighted by molar-refractivity contribution is 9.10. The van der Waals surface area contributed by atoms with Gasteiger partial charge in [-0.25, -0.2) is 4.98 Å². The summed E-state index contributed by atoms with van der Waals surface area (Å²) in [5.74, 6) is -0.773. The molecule has 0 aliphatic carbocycles. The number of piperidine rings is 1. The largest absolute Gasteiger partial charge is 0.348 e. The maximum atomic E-state index is 12.9. The van der Waals surface area contributed by atoms with Gasteiger partial charge in [-0.15, -0.1) is 0 Å². The number of fused-ring (bicyclic) bond motifs is 2. The molecule has 9 heteroatoms. The molecule has 4 rings (SSSR count). The number of hydrogen-bond donors (Lipinski definition) is 2. The highest BCUT2D eigenvalue weighted by Gasteiger charge is 2.40. The quantitative estimate of drug-likeness (QED) is 0.753. The summed E-state index contributed by atoms with van der Waals surface area (Å²) < 4.78 is 0.772. The summed E-state index contributed by atoms with van der Waals surface area (Å²) in [6.07, 6.45) is 5.24. The molecule has 27 heavy (non-hydrogen) atoms. The molecular formula is C18H16BrN5O3. The molecule has 0 bridgehead atoms. The zero-order valence-electron chi connectivity index (χ0n) is 14.2. The number of nitrogens with zero attached hydrogens (tertiary/aromatic N) is 3. The van der Waals surface area contributed by atoms with Gasteiger partial charge in [-0.1, -0.05) is 15.9 Å². The summed E-state index contributed by atoms with van der Waals surface area (Å²) in [6, 6.07) is 4.33. The Balaban J connectivity index is 1.52. The molecule has 0 radical (unpaired) electrons.